The number of halogens is 3. The number of amides is 1. The van der Waals surface area contributed by atoms with E-state index in [0.29, 0.717) is 6.07 Å². The fraction of sp³-hybridized carbons (Fsp3) is 0.150. The quantitative estimate of drug-likeness (QED) is 0.285. The minimum absolute atomic E-state index is 0.00413. The van der Waals surface area contributed by atoms with Crippen LogP contribution in [0.3, 0.4) is 0 Å². The molecule has 1 aromatic heterocycles. The third-order valence-electron chi connectivity index (χ3n) is 4.11. The van der Waals surface area contributed by atoms with Crippen LogP contribution in [0.15, 0.2) is 70.9 Å². The Hall–Kier alpha value is -2.85. The van der Waals surface area contributed by atoms with Crippen molar-refractivity contribution in [1.29, 1.82) is 0 Å². The van der Waals surface area contributed by atoms with E-state index in [4.69, 9.17) is 0 Å². The Morgan fingerprint density at radius 1 is 1.13 bits per heavy atom. The molecule has 0 aliphatic heterocycles. The first-order valence-corrected chi connectivity index (χ1v) is 10.5. The molecule has 0 fully saturated rings. The summed E-state index contributed by atoms with van der Waals surface area (Å²) in [6.45, 7) is 0. The lowest BCUT2D eigenvalue weighted by molar-refractivity contribution is -0.388. The topological polar surface area (TPSA) is 72.2 Å². The maximum absolute atomic E-state index is 12.8. The molecule has 0 radical (unpaired) electrons. The molecule has 5 nitrogen and oxygen atoms in total. The fourth-order valence-corrected chi connectivity index (χ4v) is 4.34. The van der Waals surface area contributed by atoms with Crippen LogP contribution in [0.4, 0.5) is 18.9 Å². The Morgan fingerprint density at radius 3 is 2.47 bits per heavy atom. The second-order valence-corrected chi connectivity index (χ2v) is 8.15. The molecular weight excluding hydrogens is 437 g/mol. The Balaban J connectivity index is 1.74. The number of benzene rings is 2. The van der Waals surface area contributed by atoms with Crippen LogP contribution >= 0.6 is 23.1 Å². The number of hydrogen-bond donors (Lipinski definition) is 1. The van der Waals surface area contributed by atoms with E-state index in [0.717, 1.165) is 34.3 Å². The molecule has 0 saturated carbocycles. The van der Waals surface area contributed by atoms with Gasteiger partial charge in [0.1, 0.15) is 0 Å². The van der Waals surface area contributed by atoms with Crippen LogP contribution in [-0.4, -0.2) is 16.6 Å². The normalized spacial score (nSPS) is 12.4. The fourth-order valence-electron chi connectivity index (χ4n) is 2.72. The Labute approximate surface area is 178 Å². The first-order chi connectivity index (χ1) is 14.3. The summed E-state index contributed by atoms with van der Waals surface area (Å²) in [4.78, 5) is 23.7. The van der Waals surface area contributed by atoms with Gasteiger partial charge in [-0.3, -0.25) is 14.9 Å². The lowest BCUT2D eigenvalue weighted by Crippen LogP contribution is -2.30. The Bertz CT molecular complexity index is 1030. The SMILES string of the molecule is O=C(CSc1ccc(C(F)(F)F)cc1[N+](=O)[O-])NC(c1ccccc1)c1cccs1. The number of carbonyl (C=O) groups excluding carboxylic acids is 1. The molecule has 1 atom stereocenters. The highest BCUT2D eigenvalue weighted by Gasteiger charge is 2.33. The zero-order valence-electron chi connectivity index (χ0n) is 15.3. The standard InChI is InChI=1S/C20H15F3N2O3S2/c21-20(22,23)14-8-9-16(15(11-14)25(27)28)30-12-18(26)24-19(17-7-4-10-29-17)13-5-2-1-3-6-13/h1-11,19H,12H2,(H,24,26). The highest BCUT2D eigenvalue weighted by Crippen LogP contribution is 2.36. The van der Waals surface area contributed by atoms with Crippen LogP contribution in [0, 0.1) is 10.1 Å². The third kappa shape index (κ3) is 5.39. The molecule has 1 unspecified atom stereocenters. The summed E-state index contributed by atoms with van der Waals surface area (Å²) in [5, 5.41) is 16.0. The maximum atomic E-state index is 12.8. The van der Waals surface area contributed by atoms with Crippen molar-refractivity contribution in [3.8, 4) is 0 Å². The Morgan fingerprint density at radius 2 is 1.87 bits per heavy atom. The summed E-state index contributed by atoms with van der Waals surface area (Å²) < 4.78 is 38.5. The van der Waals surface area contributed by atoms with Crippen molar-refractivity contribution in [2.75, 3.05) is 5.75 Å². The number of rotatable bonds is 7. The molecule has 0 spiro atoms. The van der Waals surface area contributed by atoms with Gasteiger partial charge in [-0.2, -0.15) is 13.2 Å². The van der Waals surface area contributed by atoms with Gasteiger partial charge in [0, 0.05) is 10.9 Å². The Kier molecular flexibility index (Phi) is 6.78. The van der Waals surface area contributed by atoms with Crippen molar-refractivity contribution in [3.63, 3.8) is 0 Å². The second kappa shape index (κ2) is 9.31. The predicted molar refractivity (Wildman–Crippen MR) is 110 cm³/mol. The van der Waals surface area contributed by atoms with E-state index in [2.05, 4.69) is 5.32 Å². The van der Waals surface area contributed by atoms with E-state index in [9.17, 15) is 28.1 Å². The van der Waals surface area contributed by atoms with Gasteiger partial charge in [0.15, 0.2) is 0 Å². The smallest absolute Gasteiger partial charge is 0.344 e. The minimum Gasteiger partial charge on any atom is -0.344 e. The number of nitrogens with zero attached hydrogens (tertiary/aromatic N) is 1. The largest absolute Gasteiger partial charge is 0.416 e. The van der Waals surface area contributed by atoms with Crippen LogP contribution in [-0.2, 0) is 11.0 Å². The molecule has 30 heavy (non-hydrogen) atoms. The van der Waals surface area contributed by atoms with Crippen molar-refractivity contribution >= 4 is 34.7 Å². The van der Waals surface area contributed by atoms with Gasteiger partial charge in [0.2, 0.25) is 5.91 Å². The average Bonchev–Trinajstić information content (AvgIpc) is 3.24. The van der Waals surface area contributed by atoms with Gasteiger partial charge >= 0.3 is 6.18 Å². The molecule has 0 aliphatic rings. The lowest BCUT2D eigenvalue weighted by Gasteiger charge is -2.18. The molecule has 1 heterocycles. The van der Waals surface area contributed by atoms with Crippen molar-refractivity contribution < 1.29 is 22.9 Å². The summed E-state index contributed by atoms with van der Waals surface area (Å²) in [6.07, 6.45) is -4.69. The molecule has 1 N–H and O–H groups in total. The number of thiophene rings is 1. The van der Waals surface area contributed by atoms with E-state index in [1.807, 2.05) is 47.8 Å². The molecule has 156 valence electrons. The summed E-state index contributed by atoms with van der Waals surface area (Å²) in [5.74, 6) is -0.572. The summed E-state index contributed by atoms with van der Waals surface area (Å²) >= 11 is 2.29. The van der Waals surface area contributed by atoms with Gasteiger partial charge in [-0.1, -0.05) is 36.4 Å². The van der Waals surface area contributed by atoms with Crippen LogP contribution in [0.2, 0.25) is 0 Å². The second-order valence-electron chi connectivity index (χ2n) is 6.15. The predicted octanol–water partition coefficient (Wildman–Crippen LogP) is 5.67. The highest BCUT2D eigenvalue weighted by molar-refractivity contribution is 8.00. The van der Waals surface area contributed by atoms with Gasteiger partial charge in [-0.25, -0.2) is 0 Å². The van der Waals surface area contributed by atoms with Gasteiger partial charge in [0.25, 0.3) is 5.69 Å². The van der Waals surface area contributed by atoms with Crippen molar-refractivity contribution in [3.05, 3.63) is 92.2 Å². The molecule has 10 heteroatoms. The summed E-state index contributed by atoms with van der Waals surface area (Å²) in [6, 6.07) is 14.9. The molecule has 2 aromatic carbocycles. The summed E-state index contributed by atoms with van der Waals surface area (Å²) in [5.41, 5.74) is -0.913. The molecule has 3 aromatic rings. The zero-order chi connectivity index (χ0) is 21.7. The van der Waals surface area contributed by atoms with E-state index in [-0.39, 0.29) is 16.7 Å². The first kappa shape index (κ1) is 21.8. The zero-order valence-corrected chi connectivity index (χ0v) is 16.9. The van der Waals surface area contributed by atoms with Gasteiger partial charge in [0.05, 0.1) is 27.2 Å². The molecule has 0 aliphatic carbocycles. The van der Waals surface area contributed by atoms with Crippen molar-refractivity contribution in [2.45, 2.75) is 17.1 Å². The first-order valence-electron chi connectivity index (χ1n) is 8.62. The van der Waals surface area contributed by atoms with Crippen molar-refractivity contribution in [2.24, 2.45) is 0 Å². The van der Waals surface area contributed by atoms with E-state index >= 15 is 0 Å². The lowest BCUT2D eigenvalue weighted by atomic mass is 10.1. The van der Waals surface area contributed by atoms with E-state index < -0.39 is 28.3 Å². The number of thioether (sulfide) groups is 1. The average molecular weight is 452 g/mol. The molecular formula is C20H15F3N2O3S2. The molecule has 0 bridgehead atoms. The molecule has 0 saturated heterocycles. The van der Waals surface area contributed by atoms with Crippen LogP contribution in [0.1, 0.15) is 22.0 Å². The van der Waals surface area contributed by atoms with Gasteiger partial charge in [-0.15, -0.1) is 23.1 Å². The van der Waals surface area contributed by atoms with Gasteiger partial charge < -0.3 is 5.32 Å². The molecule has 1 amide bonds. The van der Waals surface area contributed by atoms with Crippen LogP contribution in [0.25, 0.3) is 0 Å². The van der Waals surface area contributed by atoms with Crippen molar-refractivity contribution in [1.82, 2.24) is 5.32 Å². The number of nitro groups is 1. The summed E-state index contributed by atoms with van der Waals surface area (Å²) in [7, 11) is 0. The monoisotopic (exact) mass is 452 g/mol. The number of nitrogens with one attached hydrogen (secondary N) is 1. The maximum Gasteiger partial charge on any atom is 0.416 e. The number of nitro benzene ring substituents is 1. The minimum atomic E-state index is -4.69. The van der Waals surface area contributed by atoms with E-state index in [1.165, 1.54) is 11.3 Å². The molecule has 3 rings (SSSR count). The van der Waals surface area contributed by atoms with Gasteiger partial charge in [-0.05, 0) is 29.1 Å². The van der Waals surface area contributed by atoms with Crippen LogP contribution < -0.4 is 5.32 Å². The van der Waals surface area contributed by atoms with E-state index in [1.54, 1.807) is 0 Å². The third-order valence-corrected chi connectivity index (χ3v) is 6.11. The highest BCUT2D eigenvalue weighted by atomic mass is 32.2. The number of hydrogen-bond acceptors (Lipinski definition) is 5. The van der Waals surface area contributed by atoms with Crippen LogP contribution in [0.5, 0.6) is 0 Å². The number of carbonyl (C=O) groups is 1. The number of alkyl halides is 3.